The van der Waals surface area contributed by atoms with Crippen molar-refractivity contribution in [1.29, 1.82) is 0 Å². The lowest BCUT2D eigenvalue weighted by molar-refractivity contribution is -0.164. The minimum absolute atomic E-state index is 0.00493. The van der Waals surface area contributed by atoms with Crippen molar-refractivity contribution < 1.29 is 19.1 Å². The van der Waals surface area contributed by atoms with Gasteiger partial charge in [0.25, 0.3) is 5.91 Å². The lowest BCUT2D eigenvalue weighted by atomic mass is 9.84. The van der Waals surface area contributed by atoms with Gasteiger partial charge in [-0.3, -0.25) is 14.6 Å². The van der Waals surface area contributed by atoms with Crippen molar-refractivity contribution in [3.8, 4) is 0 Å². The molecule has 0 spiro atoms. The van der Waals surface area contributed by atoms with E-state index in [1.54, 1.807) is 26.2 Å². The van der Waals surface area contributed by atoms with Crippen molar-refractivity contribution in [2.75, 3.05) is 13.1 Å². The number of likely N-dealkylation sites (tertiary alicyclic amines) is 1. The average molecular weight is 430 g/mol. The Kier molecular flexibility index (Phi) is 9.00. The number of piperidine rings is 1. The Morgan fingerprint density at radius 2 is 2.16 bits per heavy atom. The third-order valence-electron chi connectivity index (χ3n) is 5.84. The molecule has 2 rings (SSSR count). The predicted octanol–water partition coefficient (Wildman–Crippen LogP) is 3.62. The van der Waals surface area contributed by atoms with Crippen LogP contribution >= 0.6 is 0 Å². The number of ether oxygens (including phenoxy) is 1. The normalized spacial score (nSPS) is 17.4. The molecule has 0 aromatic carbocycles. The monoisotopic (exact) mass is 429 g/mol. The first-order chi connectivity index (χ1) is 14.8. The molecule has 0 unspecified atom stereocenters. The van der Waals surface area contributed by atoms with E-state index in [9.17, 15) is 14.4 Å². The van der Waals surface area contributed by atoms with Crippen molar-refractivity contribution in [1.82, 2.24) is 9.88 Å². The summed E-state index contributed by atoms with van der Waals surface area (Å²) in [6.45, 7) is 5.68. The quantitative estimate of drug-likeness (QED) is 0.185. The van der Waals surface area contributed by atoms with E-state index < -0.39 is 35.2 Å². The van der Waals surface area contributed by atoms with Gasteiger partial charge in [0.05, 0.1) is 6.54 Å². The highest BCUT2D eigenvalue weighted by Gasteiger charge is 2.40. The fourth-order valence-electron chi connectivity index (χ4n) is 3.43. The van der Waals surface area contributed by atoms with Gasteiger partial charge in [0.15, 0.2) is 0 Å². The van der Waals surface area contributed by atoms with Gasteiger partial charge in [0.2, 0.25) is 5.78 Å². The third kappa shape index (κ3) is 6.79. The summed E-state index contributed by atoms with van der Waals surface area (Å²) in [5.41, 5.74) is 8.87. The van der Waals surface area contributed by atoms with Gasteiger partial charge >= 0.3 is 5.97 Å². The number of carbonyl (C=O) groups is 3. The molecule has 1 aliphatic heterocycles. The maximum atomic E-state index is 13.0. The maximum Gasteiger partial charge on any atom is 0.329 e. The Morgan fingerprint density at radius 3 is 2.81 bits per heavy atom. The van der Waals surface area contributed by atoms with Crippen LogP contribution in [0.1, 0.15) is 58.4 Å². The summed E-state index contributed by atoms with van der Waals surface area (Å²) >= 11 is 0. The summed E-state index contributed by atoms with van der Waals surface area (Å²) in [5.74, 6) is -1.67. The molecule has 1 aliphatic rings. The van der Waals surface area contributed by atoms with E-state index in [1.807, 2.05) is 19.1 Å². The number of rotatable bonds is 10. The van der Waals surface area contributed by atoms with Crippen molar-refractivity contribution in [2.24, 2.45) is 10.5 Å². The van der Waals surface area contributed by atoms with Crippen LogP contribution < -0.4 is 0 Å². The van der Waals surface area contributed by atoms with Gasteiger partial charge in [-0.25, -0.2) is 4.79 Å². The van der Waals surface area contributed by atoms with Crippen molar-refractivity contribution in [2.45, 2.75) is 71.4 Å². The Morgan fingerprint density at radius 1 is 1.39 bits per heavy atom. The SMILES string of the molecule is CCC(C)(C)C(=O)C(=O)N1CCCC[C@H]1C(=O)O[C@H](CCc1cccnc1)CN=[N+]=[N-]. The smallest absolute Gasteiger partial charge is 0.329 e. The summed E-state index contributed by atoms with van der Waals surface area (Å²) in [6.07, 6.45) is 6.33. The largest absolute Gasteiger partial charge is 0.461 e. The number of amides is 1. The van der Waals surface area contributed by atoms with Crippen LogP contribution in [0.4, 0.5) is 0 Å². The van der Waals surface area contributed by atoms with Crippen LogP contribution in [0.3, 0.4) is 0 Å². The molecule has 1 aromatic rings. The average Bonchev–Trinajstić information content (AvgIpc) is 2.80. The minimum atomic E-state index is -0.801. The first-order valence-corrected chi connectivity index (χ1v) is 10.8. The van der Waals surface area contributed by atoms with E-state index in [0.29, 0.717) is 32.2 Å². The number of ketones is 1. The van der Waals surface area contributed by atoms with Gasteiger partial charge in [0, 0.05) is 29.3 Å². The van der Waals surface area contributed by atoms with E-state index in [0.717, 1.165) is 18.4 Å². The highest BCUT2D eigenvalue weighted by Crippen LogP contribution is 2.26. The zero-order chi connectivity index (χ0) is 22.9. The first-order valence-electron chi connectivity index (χ1n) is 10.8. The molecular weight excluding hydrogens is 398 g/mol. The molecule has 0 saturated carbocycles. The van der Waals surface area contributed by atoms with Crippen LogP contribution in [0.25, 0.3) is 10.4 Å². The summed E-state index contributed by atoms with van der Waals surface area (Å²) in [6, 6.07) is 2.94. The minimum Gasteiger partial charge on any atom is -0.461 e. The number of aromatic nitrogens is 1. The molecule has 168 valence electrons. The number of hydrogen-bond acceptors (Lipinski definition) is 6. The number of hydrogen-bond donors (Lipinski definition) is 0. The van der Waals surface area contributed by atoms with E-state index in [2.05, 4.69) is 15.0 Å². The Hall–Kier alpha value is -2.93. The van der Waals surface area contributed by atoms with E-state index in [-0.39, 0.29) is 6.54 Å². The summed E-state index contributed by atoms with van der Waals surface area (Å²) in [7, 11) is 0. The number of azide groups is 1. The van der Waals surface area contributed by atoms with Crippen LogP contribution in [-0.4, -0.2) is 52.8 Å². The highest BCUT2D eigenvalue weighted by molar-refractivity contribution is 6.38. The van der Waals surface area contributed by atoms with Crippen molar-refractivity contribution in [3.05, 3.63) is 40.5 Å². The summed E-state index contributed by atoms with van der Waals surface area (Å²) in [4.78, 5) is 46.7. The standard InChI is InChI=1S/C22H31N5O4/c1-4-22(2,3)19(28)20(29)27-13-6-5-9-18(27)21(30)31-17(15-25-26-23)11-10-16-8-7-12-24-14-16/h7-8,12,14,17-18H,4-6,9-11,13,15H2,1-3H3/t17-,18+/m1/s1. The Balaban J connectivity index is 2.09. The molecule has 31 heavy (non-hydrogen) atoms. The number of esters is 1. The second kappa shape index (κ2) is 11.5. The molecule has 9 heteroatoms. The van der Waals surface area contributed by atoms with Gasteiger partial charge in [0.1, 0.15) is 12.1 Å². The van der Waals surface area contributed by atoms with Crippen molar-refractivity contribution in [3.63, 3.8) is 0 Å². The fourth-order valence-corrected chi connectivity index (χ4v) is 3.43. The molecule has 0 N–H and O–H groups in total. The topological polar surface area (TPSA) is 125 Å². The van der Waals surface area contributed by atoms with Crippen LogP contribution in [0, 0.1) is 5.41 Å². The number of aryl methyl sites for hydroxylation is 1. The molecular formula is C22H31N5O4. The lowest BCUT2D eigenvalue weighted by Gasteiger charge is -2.36. The second-order valence-corrected chi connectivity index (χ2v) is 8.45. The molecule has 0 bridgehead atoms. The highest BCUT2D eigenvalue weighted by atomic mass is 16.5. The van der Waals surface area contributed by atoms with Crippen LogP contribution in [0.5, 0.6) is 0 Å². The summed E-state index contributed by atoms with van der Waals surface area (Å²) in [5, 5.41) is 3.56. The molecule has 1 saturated heterocycles. The van der Waals surface area contributed by atoms with Crippen molar-refractivity contribution >= 4 is 17.7 Å². The molecule has 9 nitrogen and oxygen atoms in total. The van der Waals surface area contributed by atoms with Crippen LogP contribution in [0.15, 0.2) is 29.6 Å². The van der Waals surface area contributed by atoms with Gasteiger partial charge in [-0.2, -0.15) is 0 Å². The van der Waals surface area contributed by atoms with Gasteiger partial charge in [-0.1, -0.05) is 32.0 Å². The Bertz CT molecular complexity index is 820. The third-order valence-corrected chi connectivity index (χ3v) is 5.84. The molecule has 2 heterocycles. The zero-order valence-electron chi connectivity index (χ0n) is 18.5. The number of pyridine rings is 1. The molecule has 1 amide bonds. The summed E-state index contributed by atoms with van der Waals surface area (Å²) < 4.78 is 5.66. The number of Topliss-reactive ketones (excluding diaryl/α,β-unsaturated/α-hetero) is 1. The predicted molar refractivity (Wildman–Crippen MR) is 115 cm³/mol. The Labute approximate surface area is 182 Å². The van der Waals surface area contributed by atoms with E-state index >= 15 is 0 Å². The number of nitrogens with zero attached hydrogens (tertiary/aromatic N) is 5. The first kappa shape index (κ1) is 24.3. The van der Waals surface area contributed by atoms with Gasteiger partial charge in [-0.05, 0) is 55.7 Å². The van der Waals surface area contributed by atoms with E-state index in [4.69, 9.17) is 10.3 Å². The molecule has 2 atom stereocenters. The molecule has 0 radical (unpaired) electrons. The zero-order valence-corrected chi connectivity index (χ0v) is 18.5. The fraction of sp³-hybridized carbons (Fsp3) is 0.636. The second-order valence-electron chi connectivity index (χ2n) is 8.45. The maximum absolute atomic E-state index is 13.0. The van der Waals surface area contributed by atoms with Gasteiger partial charge in [-0.15, -0.1) is 0 Å². The van der Waals surface area contributed by atoms with E-state index in [1.165, 1.54) is 4.90 Å². The van der Waals surface area contributed by atoms with Crippen LogP contribution in [-0.2, 0) is 25.5 Å². The molecule has 0 aliphatic carbocycles. The lowest BCUT2D eigenvalue weighted by Crippen LogP contribution is -2.53. The van der Waals surface area contributed by atoms with Crippen LogP contribution in [0.2, 0.25) is 0 Å². The molecule has 1 aromatic heterocycles. The molecule has 1 fully saturated rings. The van der Waals surface area contributed by atoms with Gasteiger partial charge < -0.3 is 9.64 Å². The number of carbonyl (C=O) groups excluding carboxylic acids is 3.